The normalized spacial score (nSPS) is 12.0. The second-order valence-electron chi connectivity index (χ2n) is 7.24. The van der Waals surface area contributed by atoms with Gasteiger partial charge in [0.25, 0.3) is 5.56 Å². The highest BCUT2D eigenvalue weighted by atomic mass is 32.2. The molecule has 3 aromatic rings. The number of hydrogen-bond acceptors (Lipinski definition) is 6. The minimum absolute atomic E-state index is 0.123. The summed E-state index contributed by atoms with van der Waals surface area (Å²) in [6, 6.07) is 10.5. The number of fused-ring (bicyclic) bond motifs is 1. The fourth-order valence-electron chi connectivity index (χ4n) is 3.22. The minimum atomic E-state index is -0.324. The lowest BCUT2D eigenvalue weighted by atomic mass is 10.2. The van der Waals surface area contributed by atoms with Crippen LogP contribution in [0.25, 0.3) is 10.9 Å². The third-order valence-corrected chi connectivity index (χ3v) is 5.79. The molecule has 0 aliphatic rings. The molecule has 1 unspecified atom stereocenters. The third kappa shape index (κ3) is 6.21. The molecule has 0 bridgehead atoms. The highest BCUT2D eigenvalue weighted by molar-refractivity contribution is 7.99. The Labute approximate surface area is 184 Å². The SMILES string of the molecule is CC(NC(=O)CSc1nc2ccccc2c(=O)n1CCCCCC(N)=O)c1ccco1. The lowest BCUT2D eigenvalue weighted by molar-refractivity contribution is -0.119. The number of nitrogens with two attached hydrogens (primary N) is 1. The first-order valence-electron chi connectivity index (χ1n) is 10.2. The molecule has 1 aromatic carbocycles. The lowest BCUT2D eigenvalue weighted by Crippen LogP contribution is -2.29. The average Bonchev–Trinajstić information content (AvgIpc) is 3.28. The van der Waals surface area contributed by atoms with Crippen molar-refractivity contribution in [3.63, 3.8) is 0 Å². The van der Waals surface area contributed by atoms with Crippen LogP contribution in [0.3, 0.4) is 0 Å². The van der Waals surface area contributed by atoms with Gasteiger partial charge in [-0.25, -0.2) is 4.98 Å². The summed E-state index contributed by atoms with van der Waals surface area (Å²) < 4.78 is 6.92. The van der Waals surface area contributed by atoms with Crippen molar-refractivity contribution in [2.75, 3.05) is 5.75 Å². The molecule has 0 fully saturated rings. The van der Waals surface area contributed by atoms with E-state index < -0.39 is 0 Å². The topological polar surface area (TPSA) is 120 Å². The van der Waals surface area contributed by atoms with Gasteiger partial charge in [-0.3, -0.25) is 19.0 Å². The Morgan fingerprint density at radius 2 is 2.00 bits per heavy atom. The van der Waals surface area contributed by atoms with Gasteiger partial charge < -0.3 is 15.5 Å². The van der Waals surface area contributed by atoms with Crippen molar-refractivity contribution in [2.24, 2.45) is 5.73 Å². The van der Waals surface area contributed by atoms with Crippen molar-refractivity contribution in [1.82, 2.24) is 14.9 Å². The number of para-hydroxylation sites is 1. The van der Waals surface area contributed by atoms with Crippen molar-refractivity contribution in [3.05, 3.63) is 58.8 Å². The Bertz CT molecular complexity index is 1090. The molecule has 164 valence electrons. The Hall–Kier alpha value is -3.07. The minimum Gasteiger partial charge on any atom is -0.467 e. The number of benzene rings is 1. The predicted octanol–water partition coefficient (Wildman–Crippen LogP) is 3.00. The largest absolute Gasteiger partial charge is 0.467 e. The quantitative estimate of drug-likeness (QED) is 0.268. The molecule has 0 saturated heterocycles. The maximum atomic E-state index is 13.0. The van der Waals surface area contributed by atoms with E-state index in [0.29, 0.717) is 47.6 Å². The molecule has 31 heavy (non-hydrogen) atoms. The number of aromatic nitrogens is 2. The number of unbranched alkanes of at least 4 members (excludes halogenated alkanes) is 2. The van der Waals surface area contributed by atoms with Gasteiger partial charge in [0.05, 0.1) is 29.0 Å². The maximum Gasteiger partial charge on any atom is 0.262 e. The van der Waals surface area contributed by atoms with Crippen LogP contribution in [0.4, 0.5) is 0 Å². The Morgan fingerprint density at radius 3 is 2.74 bits per heavy atom. The van der Waals surface area contributed by atoms with E-state index in [1.54, 1.807) is 41.2 Å². The van der Waals surface area contributed by atoms with Gasteiger partial charge in [-0.2, -0.15) is 0 Å². The summed E-state index contributed by atoms with van der Waals surface area (Å²) >= 11 is 1.23. The van der Waals surface area contributed by atoms with Crippen LogP contribution in [0, 0.1) is 0 Å². The molecule has 1 atom stereocenters. The summed E-state index contributed by atoms with van der Waals surface area (Å²) in [7, 11) is 0. The standard InChI is InChI=1S/C22H26N4O4S/c1-15(18-10-7-13-30-18)24-20(28)14-31-22-25-17-9-5-4-8-16(17)21(29)26(22)12-6-2-3-11-19(23)27/h4-5,7-10,13,15H,2-3,6,11-12,14H2,1H3,(H2,23,27)(H,24,28). The molecule has 0 radical (unpaired) electrons. The molecule has 3 N–H and O–H groups in total. The molecule has 2 heterocycles. The van der Waals surface area contributed by atoms with Crippen LogP contribution in [0.5, 0.6) is 0 Å². The highest BCUT2D eigenvalue weighted by Gasteiger charge is 2.15. The summed E-state index contributed by atoms with van der Waals surface area (Å²) in [5.41, 5.74) is 5.65. The smallest absolute Gasteiger partial charge is 0.262 e. The predicted molar refractivity (Wildman–Crippen MR) is 120 cm³/mol. The molecule has 3 rings (SSSR count). The van der Waals surface area contributed by atoms with Gasteiger partial charge in [-0.15, -0.1) is 0 Å². The number of thioether (sulfide) groups is 1. The zero-order valence-corrected chi connectivity index (χ0v) is 18.2. The van der Waals surface area contributed by atoms with E-state index in [2.05, 4.69) is 10.3 Å². The third-order valence-electron chi connectivity index (χ3n) is 4.81. The molecule has 2 amide bonds. The zero-order valence-electron chi connectivity index (χ0n) is 17.4. The maximum absolute atomic E-state index is 13.0. The molecule has 0 saturated carbocycles. The molecule has 0 spiro atoms. The monoisotopic (exact) mass is 442 g/mol. The van der Waals surface area contributed by atoms with Crippen LogP contribution in [0.15, 0.2) is 57.0 Å². The van der Waals surface area contributed by atoms with Crippen molar-refractivity contribution in [2.45, 2.75) is 50.4 Å². The van der Waals surface area contributed by atoms with Crippen molar-refractivity contribution in [3.8, 4) is 0 Å². The van der Waals surface area contributed by atoms with Crippen LogP contribution in [-0.4, -0.2) is 27.1 Å². The first kappa shape index (κ1) is 22.6. The van der Waals surface area contributed by atoms with Gasteiger partial charge in [-0.05, 0) is 44.0 Å². The Balaban J connectivity index is 1.70. The number of carbonyl (C=O) groups excluding carboxylic acids is 2. The average molecular weight is 443 g/mol. The van der Waals surface area contributed by atoms with Crippen LogP contribution in [0.2, 0.25) is 0 Å². The molecule has 0 aliphatic heterocycles. The number of nitrogens with one attached hydrogen (secondary N) is 1. The van der Waals surface area contributed by atoms with Crippen LogP contribution >= 0.6 is 11.8 Å². The van der Waals surface area contributed by atoms with Gasteiger partial charge in [0.2, 0.25) is 11.8 Å². The number of rotatable bonds is 11. The zero-order chi connectivity index (χ0) is 22.2. The summed E-state index contributed by atoms with van der Waals surface area (Å²) in [5.74, 6) is 0.298. The molecule has 2 aromatic heterocycles. The van der Waals surface area contributed by atoms with Gasteiger partial charge in [-0.1, -0.05) is 30.3 Å². The Morgan fingerprint density at radius 1 is 1.19 bits per heavy atom. The number of carbonyl (C=O) groups is 2. The van der Waals surface area contributed by atoms with Crippen molar-refractivity contribution in [1.29, 1.82) is 0 Å². The molecular formula is C22H26N4O4S. The van der Waals surface area contributed by atoms with Crippen LogP contribution < -0.4 is 16.6 Å². The number of hydrogen-bond donors (Lipinski definition) is 2. The lowest BCUT2D eigenvalue weighted by Gasteiger charge is -2.14. The van der Waals surface area contributed by atoms with E-state index in [-0.39, 0.29) is 29.2 Å². The van der Waals surface area contributed by atoms with Gasteiger partial charge in [0, 0.05) is 13.0 Å². The number of nitrogens with zero attached hydrogens (tertiary/aromatic N) is 2. The van der Waals surface area contributed by atoms with Gasteiger partial charge in [0.15, 0.2) is 5.16 Å². The summed E-state index contributed by atoms with van der Waals surface area (Å²) in [6.07, 6.45) is 4.06. The van der Waals surface area contributed by atoms with E-state index in [4.69, 9.17) is 10.2 Å². The Kier molecular flexibility index (Phi) is 7.88. The molecular weight excluding hydrogens is 416 g/mol. The fraction of sp³-hybridized carbons (Fsp3) is 0.364. The van der Waals surface area contributed by atoms with Crippen molar-refractivity contribution < 1.29 is 14.0 Å². The van der Waals surface area contributed by atoms with Crippen LogP contribution in [-0.2, 0) is 16.1 Å². The number of amides is 2. The number of furan rings is 1. The highest BCUT2D eigenvalue weighted by Crippen LogP contribution is 2.19. The van der Waals surface area contributed by atoms with E-state index in [9.17, 15) is 14.4 Å². The summed E-state index contributed by atoms with van der Waals surface area (Å²) in [4.78, 5) is 40.9. The van der Waals surface area contributed by atoms with E-state index in [0.717, 1.165) is 6.42 Å². The summed E-state index contributed by atoms with van der Waals surface area (Å²) in [6.45, 7) is 2.31. The second kappa shape index (κ2) is 10.8. The molecule has 8 nitrogen and oxygen atoms in total. The van der Waals surface area contributed by atoms with Crippen molar-refractivity contribution >= 4 is 34.5 Å². The molecule has 9 heteroatoms. The number of primary amides is 1. The fourth-order valence-corrected chi connectivity index (χ4v) is 4.06. The second-order valence-corrected chi connectivity index (χ2v) is 8.18. The van der Waals surface area contributed by atoms with Gasteiger partial charge in [0.1, 0.15) is 5.76 Å². The van der Waals surface area contributed by atoms with Crippen LogP contribution in [0.1, 0.15) is 44.4 Å². The molecule has 0 aliphatic carbocycles. The first-order valence-corrected chi connectivity index (χ1v) is 11.2. The first-order chi connectivity index (χ1) is 15.0. The van der Waals surface area contributed by atoms with E-state index in [1.807, 2.05) is 13.0 Å². The van der Waals surface area contributed by atoms with Gasteiger partial charge >= 0.3 is 0 Å². The van der Waals surface area contributed by atoms with E-state index >= 15 is 0 Å². The summed E-state index contributed by atoms with van der Waals surface area (Å²) in [5, 5.41) is 3.92. The van der Waals surface area contributed by atoms with E-state index in [1.165, 1.54) is 11.8 Å².